The topological polar surface area (TPSA) is 54.3 Å². The number of nitrogens with zero attached hydrogens (tertiary/aromatic N) is 1. The van der Waals surface area contributed by atoms with Crippen LogP contribution >= 0.6 is 0 Å². The first-order chi connectivity index (χ1) is 7.10. The van der Waals surface area contributed by atoms with Crippen molar-refractivity contribution in [1.82, 2.24) is 9.88 Å². The zero-order chi connectivity index (χ0) is 11.4. The summed E-state index contributed by atoms with van der Waals surface area (Å²) in [6, 6.07) is 3.52. The molecule has 0 saturated carbocycles. The van der Waals surface area contributed by atoms with E-state index in [9.17, 15) is 4.79 Å². The third-order valence-corrected chi connectivity index (χ3v) is 2.65. The van der Waals surface area contributed by atoms with Crippen molar-refractivity contribution in [2.45, 2.75) is 26.3 Å². The van der Waals surface area contributed by atoms with Crippen LogP contribution in [0.1, 0.15) is 29.5 Å². The maximum absolute atomic E-state index is 11.8. The number of carbonyl (C=O) groups excluding carboxylic acids is 1. The molecule has 1 heterocycles. The second kappa shape index (κ2) is 4.98. The third kappa shape index (κ3) is 2.59. The lowest BCUT2D eigenvalue weighted by Crippen LogP contribution is -2.37. The molecule has 0 aliphatic carbocycles. The molecule has 1 atom stereocenters. The molecule has 0 saturated heterocycles. The smallest absolute Gasteiger partial charge is 0.268 e. The highest BCUT2D eigenvalue weighted by Crippen LogP contribution is 2.06. The van der Waals surface area contributed by atoms with Crippen LogP contribution in [-0.2, 0) is 7.05 Å². The lowest BCUT2D eigenvalue weighted by atomic mass is 10.2. The molecule has 1 rings (SSSR count). The van der Waals surface area contributed by atoms with Gasteiger partial charge in [0.2, 0.25) is 0 Å². The Morgan fingerprint density at radius 2 is 2.27 bits per heavy atom. The van der Waals surface area contributed by atoms with Crippen LogP contribution in [-0.4, -0.2) is 28.2 Å². The Morgan fingerprint density at radius 3 is 2.67 bits per heavy atom. The van der Waals surface area contributed by atoms with Crippen LogP contribution in [0, 0.1) is 6.92 Å². The van der Waals surface area contributed by atoms with E-state index in [0.717, 1.165) is 12.1 Å². The number of rotatable bonds is 4. The summed E-state index contributed by atoms with van der Waals surface area (Å²) in [5.41, 5.74) is 1.66. The van der Waals surface area contributed by atoms with E-state index in [1.807, 2.05) is 31.5 Å². The van der Waals surface area contributed by atoms with Crippen molar-refractivity contribution >= 4 is 5.91 Å². The fraction of sp³-hybridized carbons (Fsp3) is 0.545. The van der Waals surface area contributed by atoms with Crippen LogP contribution in [0.3, 0.4) is 0 Å². The van der Waals surface area contributed by atoms with Crippen molar-refractivity contribution in [3.05, 3.63) is 23.5 Å². The Kier molecular flexibility index (Phi) is 3.91. The quantitative estimate of drug-likeness (QED) is 0.773. The van der Waals surface area contributed by atoms with Gasteiger partial charge in [-0.3, -0.25) is 4.79 Å². The molecule has 0 fully saturated rings. The van der Waals surface area contributed by atoms with E-state index >= 15 is 0 Å². The van der Waals surface area contributed by atoms with Gasteiger partial charge < -0.3 is 15.0 Å². The number of aromatic nitrogens is 1. The summed E-state index contributed by atoms with van der Waals surface area (Å²) >= 11 is 0. The maximum atomic E-state index is 11.8. The molecule has 84 valence electrons. The maximum Gasteiger partial charge on any atom is 0.268 e. The molecule has 0 aromatic carbocycles. The molecule has 0 aliphatic rings. The number of hydrogen-bond donors (Lipinski definition) is 2. The Labute approximate surface area is 89.9 Å². The van der Waals surface area contributed by atoms with Crippen molar-refractivity contribution in [3.8, 4) is 0 Å². The summed E-state index contributed by atoms with van der Waals surface area (Å²) in [5, 5.41) is 11.8. The largest absolute Gasteiger partial charge is 0.394 e. The van der Waals surface area contributed by atoms with Gasteiger partial charge in [-0.05, 0) is 25.5 Å². The number of amides is 1. The first kappa shape index (κ1) is 11.8. The minimum atomic E-state index is -0.160. The predicted molar refractivity (Wildman–Crippen MR) is 58.8 cm³/mol. The van der Waals surface area contributed by atoms with E-state index in [2.05, 4.69) is 5.32 Å². The molecule has 1 aromatic heterocycles. The molecule has 15 heavy (non-hydrogen) atoms. The van der Waals surface area contributed by atoms with Gasteiger partial charge >= 0.3 is 0 Å². The molecular formula is C11H18N2O2. The minimum absolute atomic E-state index is 0.0222. The number of aliphatic hydroxyl groups is 1. The van der Waals surface area contributed by atoms with Crippen molar-refractivity contribution in [3.63, 3.8) is 0 Å². The van der Waals surface area contributed by atoms with Gasteiger partial charge in [0.25, 0.3) is 5.91 Å². The first-order valence-corrected chi connectivity index (χ1v) is 5.14. The monoisotopic (exact) mass is 210 g/mol. The Morgan fingerprint density at radius 1 is 1.60 bits per heavy atom. The van der Waals surface area contributed by atoms with Crippen LogP contribution in [0.2, 0.25) is 0 Å². The van der Waals surface area contributed by atoms with E-state index < -0.39 is 0 Å². The molecular weight excluding hydrogens is 192 g/mol. The van der Waals surface area contributed by atoms with Crippen LogP contribution in [0.15, 0.2) is 12.1 Å². The molecule has 0 aliphatic heterocycles. The highest BCUT2D eigenvalue weighted by molar-refractivity contribution is 5.93. The molecule has 1 amide bonds. The van der Waals surface area contributed by atoms with Gasteiger partial charge in [-0.1, -0.05) is 6.92 Å². The molecule has 1 aromatic rings. The van der Waals surface area contributed by atoms with E-state index in [4.69, 9.17) is 5.11 Å². The summed E-state index contributed by atoms with van der Waals surface area (Å²) in [6.07, 6.45) is 0.728. The zero-order valence-electron chi connectivity index (χ0n) is 9.45. The summed E-state index contributed by atoms with van der Waals surface area (Å²) in [7, 11) is 1.85. The van der Waals surface area contributed by atoms with Crippen LogP contribution in [0.25, 0.3) is 0 Å². The zero-order valence-corrected chi connectivity index (χ0v) is 9.45. The lowest BCUT2D eigenvalue weighted by molar-refractivity contribution is 0.0906. The molecule has 4 nitrogen and oxygen atoms in total. The van der Waals surface area contributed by atoms with E-state index in [1.165, 1.54) is 0 Å². The third-order valence-electron chi connectivity index (χ3n) is 2.65. The van der Waals surface area contributed by atoms with Gasteiger partial charge in [0, 0.05) is 12.7 Å². The lowest BCUT2D eigenvalue weighted by Gasteiger charge is -2.14. The average molecular weight is 210 g/mol. The van der Waals surface area contributed by atoms with Gasteiger partial charge in [0.05, 0.1) is 12.6 Å². The van der Waals surface area contributed by atoms with E-state index in [1.54, 1.807) is 6.07 Å². The van der Waals surface area contributed by atoms with E-state index in [0.29, 0.717) is 5.69 Å². The second-order valence-electron chi connectivity index (χ2n) is 3.68. The van der Waals surface area contributed by atoms with Crippen molar-refractivity contribution in [1.29, 1.82) is 0 Å². The van der Waals surface area contributed by atoms with Gasteiger partial charge in [-0.15, -0.1) is 0 Å². The van der Waals surface area contributed by atoms with Gasteiger partial charge in [-0.2, -0.15) is 0 Å². The molecule has 2 N–H and O–H groups in total. The highest BCUT2D eigenvalue weighted by Gasteiger charge is 2.14. The first-order valence-electron chi connectivity index (χ1n) is 5.14. The fourth-order valence-electron chi connectivity index (χ4n) is 1.38. The Balaban J connectivity index is 2.73. The molecule has 4 heteroatoms. The Bertz CT molecular complexity index is 340. The van der Waals surface area contributed by atoms with Crippen LogP contribution in [0.4, 0.5) is 0 Å². The van der Waals surface area contributed by atoms with Crippen molar-refractivity contribution in [2.24, 2.45) is 7.05 Å². The summed E-state index contributed by atoms with van der Waals surface area (Å²) < 4.78 is 1.83. The van der Waals surface area contributed by atoms with Crippen LogP contribution < -0.4 is 5.32 Å². The van der Waals surface area contributed by atoms with Gasteiger partial charge in [-0.25, -0.2) is 0 Å². The van der Waals surface area contributed by atoms with Crippen LogP contribution in [0.5, 0.6) is 0 Å². The SMILES string of the molecule is CC[C@H](CO)NC(=O)c1ccc(C)n1C. The Hall–Kier alpha value is -1.29. The molecule has 0 unspecified atom stereocenters. The molecule has 0 bridgehead atoms. The average Bonchev–Trinajstić information content (AvgIpc) is 2.56. The highest BCUT2D eigenvalue weighted by atomic mass is 16.3. The van der Waals surface area contributed by atoms with E-state index in [-0.39, 0.29) is 18.6 Å². The number of hydrogen-bond acceptors (Lipinski definition) is 2. The molecule has 0 spiro atoms. The summed E-state index contributed by atoms with van der Waals surface area (Å²) in [6.45, 7) is 3.85. The van der Waals surface area contributed by atoms with Gasteiger partial charge in [0.1, 0.15) is 5.69 Å². The number of aliphatic hydroxyl groups excluding tert-OH is 1. The fourth-order valence-corrected chi connectivity index (χ4v) is 1.38. The minimum Gasteiger partial charge on any atom is -0.394 e. The van der Waals surface area contributed by atoms with Crippen molar-refractivity contribution in [2.75, 3.05) is 6.61 Å². The number of aryl methyl sites for hydroxylation is 1. The predicted octanol–water partition coefficient (Wildman–Crippen LogP) is 0.834. The summed E-state index contributed by atoms with van der Waals surface area (Å²) in [5.74, 6) is -0.133. The standard InChI is InChI=1S/C11H18N2O2/c1-4-9(7-14)12-11(15)10-6-5-8(2)13(10)3/h5-6,9,14H,4,7H2,1-3H3,(H,12,15)/t9-/m1/s1. The number of carbonyl (C=O) groups is 1. The normalized spacial score (nSPS) is 12.5. The number of nitrogens with one attached hydrogen (secondary N) is 1. The molecule has 0 radical (unpaired) electrons. The summed E-state index contributed by atoms with van der Waals surface area (Å²) in [4.78, 5) is 11.8. The van der Waals surface area contributed by atoms with Crippen molar-refractivity contribution < 1.29 is 9.90 Å². The second-order valence-corrected chi connectivity index (χ2v) is 3.68. The van der Waals surface area contributed by atoms with Gasteiger partial charge in [0.15, 0.2) is 0 Å².